The number of hydrogen-bond donors (Lipinski definition) is 0. The first-order valence-electron chi connectivity index (χ1n) is 10.7. The van der Waals surface area contributed by atoms with E-state index in [1.54, 1.807) is 28.8 Å². The molecule has 0 N–H and O–H groups in total. The summed E-state index contributed by atoms with van der Waals surface area (Å²) >= 11 is 7.39. The van der Waals surface area contributed by atoms with Crippen molar-refractivity contribution in [3.63, 3.8) is 0 Å². The number of thiazole rings is 1. The molecule has 0 radical (unpaired) electrons. The lowest BCUT2D eigenvalue weighted by atomic mass is 9.83. The van der Waals surface area contributed by atoms with Crippen LogP contribution in [-0.2, 0) is 6.42 Å². The Bertz CT molecular complexity index is 1600. The van der Waals surface area contributed by atoms with Crippen LogP contribution in [0.3, 0.4) is 0 Å². The second kappa shape index (κ2) is 7.94. The third-order valence-corrected chi connectivity index (χ3v) is 7.46. The number of hydrogen-bond acceptors (Lipinski definition) is 3. The van der Waals surface area contributed by atoms with E-state index in [2.05, 4.69) is 12.1 Å². The SMILES string of the molecule is O=c1/c(=C\c2ccc(Cl)cc2)sc2n1[C@H](c1ccc(F)cc1)C1=C(N=2)c2ccccc2CC1. The van der Waals surface area contributed by atoms with Gasteiger partial charge >= 0.3 is 0 Å². The lowest BCUT2D eigenvalue weighted by Crippen LogP contribution is -2.38. The first kappa shape index (κ1) is 20.3. The molecule has 2 heterocycles. The number of halogens is 2. The molecule has 1 aliphatic heterocycles. The fraction of sp³-hybridized carbons (Fsp3) is 0.111. The van der Waals surface area contributed by atoms with Crippen LogP contribution >= 0.6 is 22.9 Å². The average molecular weight is 473 g/mol. The van der Waals surface area contributed by atoms with Gasteiger partial charge in [0.1, 0.15) is 5.82 Å². The van der Waals surface area contributed by atoms with E-state index >= 15 is 0 Å². The lowest BCUT2D eigenvalue weighted by molar-refractivity contribution is 0.581. The molecule has 1 aliphatic carbocycles. The maximum Gasteiger partial charge on any atom is 0.271 e. The number of fused-ring (bicyclic) bond motifs is 3. The van der Waals surface area contributed by atoms with Gasteiger partial charge in [-0.3, -0.25) is 9.36 Å². The molecule has 1 aromatic heterocycles. The summed E-state index contributed by atoms with van der Waals surface area (Å²) in [5.41, 5.74) is 6.11. The van der Waals surface area contributed by atoms with Gasteiger partial charge in [-0.05, 0) is 65.4 Å². The summed E-state index contributed by atoms with van der Waals surface area (Å²) in [5.74, 6) is -0.294. The van der Waals surface area contributed by atoms with E-state index in [4.69, 9.17) is 16.6 Å². The van der Waals surface area contributed by atoms with Crippen molar-refractivity contribution in [1.29, 1.82) is 0 Å². The summed E-state index contributed by atoms with van der Waals surface area (Å²) < 4.78 is 16.1. The van der Waals surface area contributed by atoms with Gasteiger partial charge in [0.25, 0.3) is 5.56 Å². The molecule has 4 aromatic rings. The van der Waals surface area contributed by atoms with Crippen molar-refractivity contribution < 1.29 is 4.39 Å². The van der Waals surface area contributed by atoms with E-state index in [1.807, 2.05) is 30.3 Å². The molecule has 3 nitrogen and oxygen atoms in total. The van der Waals surface area contributed by atoms with Crippen molar-refractivity contribution in [2.24, 2.45) is 4.99 Å². The maximum absolute atomic E-state index is 13.7. The van der Waals surface area contributed by atoms with Crippen molar-refractivity contribution in [2.75, 3.05) is 0 Å². The molecule has 6 heteroatoms. The number of aryl methyl sites for hydroxylation is 1. The highest BCUT2D eigenvalue weighted by atomic mass is 35.5. The summed E-state index contributed by atoms with van der Waals surface area (Å²) in [6.45, 7) is 0. The summed E-state index contributed by atoms with van der Waals surface area (Å²) in [4.78, 5) is 19.3. The Morgan fingerprint density at radius 3 is 2.55 bits per heavy atom. The van der Waals surface area contributed by atoms with Gasteiger partial charge in [-0.15, -0.1) is 0 Å². The number of benzene rings is 3. The van der Waals surface area contributed by atoms with Gasteiger partial charge in [0.15, 0.2) is 4.80 Å². The normalized spacial score (nSPS) is 17.3. The minimum Gasteiger partial charge on any atom is -0.272 e. The Labute approximate surface area is 198 Å². The Morgan fingerprint density at radius 2 is 1.76 bits per heavy atom. The van der Waals surface area contributed by atoms with Crippen molar-refractivity contribution >= 4 is 34.7 Å². The standard InChI is InChI=1S/C27H18ClFN2OS/c28-19-10-5-16(6-11-19)15-23-26(32)31-25(18-7-12-20(29)13-8-18)22-14-9-17-3-1-2-4-21(17)24(22)30-27(31)33-23/h1-8,10-13,15,25H,9,14H2/b23-15+/t25-/m1/s1. The number of rotatable bonds is 2. The van der Waals surface area contributed by atoms with Crippen LogP contribution in [0.15, 0.2) is 88.2 Å². The molecule has 0 saturated carbocycles. The monoisotopic (exact) mass is 472 g/mol. The van der Waals surface area contributed by atoms with Gasteiger partial charge in [0, 0.05) is 10.6 Å². The minimum absolute atomic E-state index is 0.0894. The molecule has 1 atom stereocenters. The summed E-state index contributed by atoms with van der Waals surface area (Å²) in [5, 5.41) is 0.649. The molecule has 33 heavy (non-hydrogen) atoms. The molecule has 0 amide bonds. The molecule has 0 unspecified atom stereocenters. The third-order valence-electron chi connectivity index (χ3n) is 6.23. The zero-order valence-electron chi connectivity index (χ0n) is 17.5. The van der Waals surface area contributed by atoms with Crippen LogP contribution in [-0.4, -0.2) is 4.57 Å². The van der Waals surface area contributed by atoms with Crippen LogP contribution in [0.25, 0.3) is 11.8 Å². The summed E-state index contributed by atoms with van der Waals surface area (Å²) in [6.07, 6.45) is 3.56. The first-order valence-corrected chi connectivity index (χ1v) is 11.9. The molecule has 2 aliphatic rings. The highest BCUT2D eigenvalue weighted by molar-refractivity contribution is 7.07. The van der Waals surface area contributed by atoms with Crippen molar-refractivity contribution in [2.45, 2.75) is 18.9 Å². The van der Waals surface area contributed by atoms with Crippen LogP contribution in [0.4, 0.5) is 4.39 Å². The molecule has 0 spiro atoms. The van der Waals surface area contributed by atoms with Crippen LogP contribution in [0.1, 0.15) is 34.7 Å². The Balaban J connectivity index is 1.62. The van der Waals surface area contributed by atoms with Crippen LogP contribution in [0.2, 0.25) is 5.02 Å². The van der Waals surface area contributed by atoms with E-state index in [0.29, 0.717) is 14.4 Å². The van der Waals surface area contributed by atoms with Gasteiger partial charge < -0.3 is 0 Å². The van der Waals surface area contributed by atoms with E-state index in [-0.39, 0.29) is 17.4 Å². The van der Waals surface area contributed by atoms with Crippen molar-refractivity contribution in [1.82, 2.24) is 4.57 Å². The number of nitrogens with zero attached hydrogens (tertiary/aromatic N) is 2. The quantitative estimate of drug-likeness (QED) is 0.399. The van der Waals surface area contributed by atoms with Crippen LogP contribution in [0, 0.1) is 5.82 Å². The smallest absolute Gasteiger partial charge is 0.271 e. The van der Waals surface area contributed by atoms with Gasteiger partial charge in [-0.2, -0.15) is 0 Å². The molecule has 0 saturated heterocycles. The topological polar surface area (TPSA) is 34.4 Å². The molecule has 6 rings (SSSR count). The minimum atomic E-state index is -0.308. The third kappa shape index (κ3) is 3.48. The number of aromatic nitrogens is 1. The lowest BCUT2D eigenvalue weighted by Gasteiger charge is -2.30. The van der Waals surface area contributed by atoms with Gasteiger partial charge in [-0.1, -0.05) is 71.5 Å². The Hall–Kier alpha value is -3.28. The zero-order valence-corrected chi connectivity index (χ0v) is 19.0. The number of allylic oxidation sites excluding steroid dienone is 1. The zero-order chi connectivity index (χ0) is 22.5. The summed E-state index contributed by atoms with van der Waals surface area (Å²) in [7, 11) is 0. The molecular formula is C27H18ClFN2OS. The van der Waals surface area contributed by atoms with E-state index in [1.165, 1.54) is 29.0 Å². The highest BCUT2D eigenvalue weighted by Gasteiger charge is 2.32. The molecule has 162 valence electrons. The molecule has 0 fully saturated rings. The molecule has 0 bridgehead atoms. The fourth-order valence-electron chi connectivity index (χ4n) is 4.68. The highest BCUT2D eigenvalue weighted by Crippen LogP contribution is 2.41. The Kier molecular flexibility index (Phi) is 4.89. The van der Waals surface area contributed by atoms with Gasteiger partial charge in [-0.25, -0.2) is 9.38 Å². The predicted molar refractivity (Wildman–Crippen MR) is 131 cm³/mol. The van der Waals surface area contributed by atoms with E-state index in [9.17, 15) is 9.18 Å². The first-order chi connectivity index (χ1) is 16.1. The predicted octanol–water partition coefficient (Wildman–Crippen LogP) is 5.11. The second-order valence-corrected chi connectivity index (χ2v) is 9.66. The van der Waals surface area contributed by atoms with Gasteiger partial charge in [0.2, 0.25) is 0 Å². The van der Waals surface area contributed by atoms with E-state index < -0.39 is 0 Å². The maximum atomic E-state index is 13.7. The van der Waals surface area contributed by atoms with Crippen molar-refractivity contribution in [3.8, 4) is 0 Å². The summed E-state index contributed by atoms with van der Waals surface area (Å²) in [6, 6.07) is 21.8. The Morgan fingerprint density at radius 1 is 1.00 bits per heavy atom. The molecular weight excluding hydrogens is 455 g/mol. The average Bonchev–Trinajstić information content (AvgIpc) is 3.14. The van der Waals surface area contributed by atoms with Gasteiger partial charge in [0.05, 0.1) is 16.3 Å². The van der Waals surface area contributed by atoms with Crippen LogP contribution < -0.4 is 14.9 Å². The molecule has 3 aromatic carbocycles. The fourth-order valence-corrected chi connectivity index (χ4v) is 5.80. The second-order valence-electron chi connectivity index (χ2n) is 8.22. The van der Waals surface area contributed by atoms with Crippen LogP contribution in [0.5, 0.6) is 0 Å². The largest absolute Gasteiger partial charge is 0.272 e. The van der Waals surface area contributed by atoms with Crippen molar-refractivity contribution in [3.05, 3.63) is 131 Å². The van der Waals surface area contributed by atoms with E-state index in [0.717, 1.165) is 40.8 Å².